The number of nitrogens with one attached hydrogen (secondary N) is 1. The van der Waals surface area contributed by atoms with E-state index in [1.165, 1.54) is 11.3 Å². The van der Waals surface area contributed by atoms with Crippen molar-refractivity contribution in [2.75, 3.05) is 5.43 Å². The summed E-state index contributed by atoms with van der Waals surface area (Å²) in [6.45, 7) is 3.69. The first-order valence-corrected chi connectivity index (χ1v) is 9.27. The van der Waals surface area contributed by atoms with Gasteiger partial charge in [-0.25, -0.2) is 4.98 Å². The molecule has 0 radical (unpaired) electrons. The summed E-state index contributed by atoms with van der Waals surface area (Å²) in [6.07, 6.45) is 3.96. The van der Waals surface area contributed by atoms with Gasteiger partial charge in [-0.15, -0.1) is 17.9 Å². The van der Waals surface area contributed by atoms with E-state index in [2.05, 4.69) is 38.0 Å². The Morgan fingerprint density at radius 1 is 1.24 bits per heavy atom. The van der Waals surface area contributed by atoms with Crippen LogP contribution in [0.25, 0.3) is 11.3 Å². The molecule has 0 bridgehead atoms. The maximum Gasteiger partial charge on any atom is 0.203 e. The Kier molecular flexibility index (Phi) is 5.63. The van der Waals surface area contributed by atoms with Crippen molar-refractivity contribution in [2.45, 2.75) is 6.42 Å². The molecule has 6 heteroatoms. The molecule has 0 saturated heterocycles. The van der Waals surface area contributed by atoms with E-state index in [4.69, 9.17) is 0 Å². The number of allylic oxidation sites excluding steroid dienone is 1. The molecule has 0 saturated carbocycles. The Hall–Kier alpha value is -2.44. The summed E-state index contributed by atoms with van der Waals surface area (Å²) in [6, 6.07) is 13.5. The molecule has 0 unspecified atom stereocenters. The Morgan fingerprint density at radius 3 is 2.80 bits per heavy atom. The van der Waals surface area contributed by atoms with Crippen LogP contribution in [-0.2, 0) is 6.42 Å². The second-order valence-corrected chi connectivity index (χ2v) is 7.04. The Morgan fingerprint density at radius 2 is 2.04 bits per heavy atom. The summed E-state index contributed by atoms with van der Waals surface area (Å²) in [5.74, 6) is 0.225. The van der Waals surface area contributed by atoms with Gasteiger partial charge in [0.05, 0.1) is 11.9 Å². The number of hydrogen-bond acceptors (Lipinski definition) is 5. The normalized spacial score (nSPS) is 10.9. The van der Waals surface area contributed by atoms with Crippen LogP contribution in [0.4, 0.5) is 5.13 Å². The molecule has 25 heavy (non-hydrogen) atoms. The standard InChI is InChI=1S/C19H16BrN3OS/c1-2-4-14-5-3-6-15(18(14)24)11-21-23-19-22-17(12-25-19)13-7-9-16(20)10-8-13/h2-3,5-12,24H,1,4H2,(H,22,23)/b21-11+. The average molecular weight is 414 g/mol. The van der Waals surface area contributed by atoms with Crippen molar-refractivity contribution in [1.29, 1.82) is 0 Å². The molecule has 0 amide bonds. The molecule has 0 aliphatic heterocycles. The van der Waals surface area contributed by atoms with Gasteiger partial charge in [-0.05, 0) is 30.2 Å². The molecule has 4 nitrogen and oxygen atoms in total. The Balaban J connectivity index is 1.70. The topological polar surface area (TPSA) is 57.5 Å². The van der Waals surface area contributed by atoms with E-state index >= 15 is 0 Å². The molecule has 0 fully saturated rings. The Labute approximate surface area is 158 Å². The molecular weight excluding hydrogens is 398 g/mol. The first kappa shape index (κ1) is 17.4. The molecule has 0 aliphatic rings. The number of aromatic nitrogens is 1. The molecule has 126 valence electrons. The van der Waals surface area contributed by atoms with Crippen LogP contribution in [-0.4, -0.2) is 16.3 Å². The number of thiazole rings is 1. The molecular formula is C19H16BrN3OS. The van der Waals surface area contributed by atoms with Gasteiger partial charge in [0.2, 0.25) is 5.13 Å². The van der Waals surface area contributed by atoms with Crippen LogP contribution >= 0.6 is 27.3 Å². The first-order chi connectivity index (χ1) is 12.2. The van der Waals surface area contributed by atoms with Crippen molar-refractivity contribution in [3.05, 3.63) is 76.1 Å². The fourth-order valence-corrected chi connectivity index (χ4v) is 3.20. The number of anilines is 1. The van der Waals surface area contributed by atoms with Crippen molar-refractivity contribution >= 4 is 38.6 Å². The quantitative estimate of drug-likeness (QED) is 0.320. The van der Waals surface area contributed by atoms with Crippen LogP contribution in [0.2, 0.25) is 0 Å². The highest BCUT2D eigenvalue weighted by atomic mass is 79.9. The van der Waals surface area contributed by atoms with Gasteiger partial charge in [0.15, 0.2) is 0 Å². The zero-order chi connectivity index (χ0) is 17.6. The van der Waals surface area contributed by atoms with Crippen LogP contribution in [0.15, 0.2) is 70.1 Å². The second kappa shape index (κ2) is 8.09. The highest BCUT2D eigenvalue weighted by Crippen LogP contribution is 2.26. The fourth-order valence-electron chi connectivity index (χ4n) is 2.27. The summed E-state index contributed by atoms with van der Waals surface area (Å²) < 4.78 is 1.04. The number of hydrazone groups is 1. The predicted molar refractivity (Wildman–Crippen MR) is 108 cm³/mol. The summed E-state index contributed by atoms with van der Waals surface area (Å²) >= 11 is 4.90. The number of halogens is 1. The maximum atomic E-state index is 10.2. The van der Waals surface area contributed by atoms with Gasteiger partial charge in [-0.1, -0.05) is 46.3 Å². The fraction of sp³-hybridized carbons (Fsp3) is 0.0526. The van der Waals surface area contributed by atoms with E-state index in [9.17, 15) is 5.11 Å². The number of benzene rings is 2. The van der Waals surface area contributed by atoms with Gasteiger partial charge in [0, 0.05) is 21.0 Å². The minimum absolute atomic E-state index is 0.225. The molecule has 0 atom stereocenters. The third kappa shape index (κ3) is 4.35. The van der Waals surface area contributed by atoms with Crippen molar-refractivity contribution in [3.8, 4) is 17.0 Å². The zero-order valence-electron chi connectivity index (χ0n) is 13.3. The van der Waals surface area contributed by atoms with Gasteiger partial charge in [-0.3, -0.25) is 5.43 Å². The number of aromatic hydroxyl groups is 1. The van der Waals surface area contributed by atoms with E-state index in [1.54, 1.807) is 12.3 Å². The highest BCUT2D eigenvalue weighted by molar-refractivity contribution is 9.10. The van der Waals surface area contributed by atoms with Crippen molar-refractivity contribution < 1.29 is 5.11 Å². The van der Waals surface area contributed by atoms with Crippen LogP contribution < -0.4 is 5.43 Å². The molecule has 1 aromatic heterocycles. The second-order valence-electron chi connectivity index (χ2n) is 5.26. The molecule has 0 spiro atoms. The summed E-state index contributed by atoms with van der Waals surface area (Å²) in [7, 11) is 0. The average Bonchev–Trinajstić information content (AvgIpc) is 3.08. The summed E-state index contributed by atoms with van der Waals surface area (Å²) in [4.78, 5) is 4.51. The smallest absolute Gasteiger partial charge is 0.203 e. The number of phenols is 1. The lowest BCUT2D eigenvalue weighted by Crippen LogP contribution is -1.92. The highest BCUT2D eigenvalue weighted by Gasteiger charge is 2.05. The molecule has 0 aliphatic carbocycles. The Bertz CT molecular complexity index is 903. The van der Waals surface area contributed by atoms with E-state index in [-0.39, 0.29) is 5.75 Å². The lowest BCUT2D eigenvalue weighted by Gasteiger charge is -2.04. The first-order valence-electron chi connectivity index (χ1n) is 7.59. The van der Waals surface area contributed by atoms with E-state index in [0.29, 0.717) is 17.1 Å². The number of nitrogens with zero attached hydrogens (tertiary/aromatic N) is 2. The van der Waals surface area contributed by atoms with Crippen LogP contribution in [0.1, 0.15) is 11.1 Å². The van der Waals surface area contributed by atoms with Gasteiger partial charge in [-0.2, -0.15) is 5.10 Å². The number of para-hydroxylation sites is 1. The molecule has 2 aromatic carbocycles. The minimum atomic E-state index is 0.225. The zero-order valence-corrected chi connectivity index (χ0v) is 15.7. The van der Waals surface area contributed by atoms with Crippen LogP contribution in [0.5, 0.6) is 5.75 Å². The van der Waals surface area contributed by atoms with E-state index < -0.39 is 0 Å². The van der Waals surface area contributed by atoms with Crippen molar-refractivity contribution in [3.63, 3.8) is 0 Å². The van der Waals surface area contributed by atoms with Gasteiger partial charge >= 0.3 is 0 Å². The largest absolute Gasteiger partial charge is 0.507 e. The number of rotatable bonds is 6. The number of phenolic OH excluding ortho intramolecular Hbond substituents is 1. The maximum absolute atomic E-state index is 10.2. The van der Waals surface area contributed by atoms with Gasteiger partial charge in [0.1, 0.15) is 5.75 Å². The molecule has 2 N–H and O–H groups in total. The minimum Gasteiger partial charge on any atom is -0.507 e. The van der Waals surface area contributed by atoms with Gasteiger partial charge < -0.3 is 5.11 Å². The van der Waals surface area contributed by atoms with Crippen LogP contribution in [0.3, 0.4) is 0 Å². The van der Waals surface area contributed by atoms with E-state index in [1.807, 2.05) is 47.8 Å². The lowest BCUT2D eigenvalue weighted by molar-refractivity contribution is 0.469. The van der Waals surface area contributed by atoms with Gasteiger partial charge in [0.25, 0.3) is 0 Å². The monoisotopic (exact) mass is 413 g/mol. The SMILES string of the molecule is C=CCc1cccc(/C=N/Nc2nc(-c3ccc(Br)cc3)cs2)c1O. The lowest BCUT2D eigenvalue weighted by atomic mass is 10.1. The summed E-state index contributed by atoms with van der Waals surface area (Å²) in [5, 5.41) is 17.0. The molecule has 3 aromatic rings. The van der Waals surface area contributed by atoms with E-state index in [0.717, 1.165) is 21.3 Å². The third-order valence-corrected chi connectivity index (χ3v) is 4.80. The summed E-state index contributed by atoms with van der Waals surface area (Å²) in [5.41, 5.74) is 6.33. The van der Waals surface area contributed by atoms with Crippen molar-refractivity contribution in [1.82, 2.24) is 4.98 Å². The molecule has 3 rings (SSSR count). The number of hydrogen-bond donors (Lipinski definition) is 2. The van der Waals surface area contributed by atoms with Crippen molar-refractivity contribution in [2.24, 2.45) is 5.10 Å². The predicted octanol–water partition coefficient (Wildman–Crippen LogP) is 5.45. The van der Waals surface area contributed by atoms with Crippen LogP contribution in [0, 0.1) is 0 Å². The molecule has 1 heterocycles. The third-order valence-electron chi connectivity index (χ3n) is 3.52.